The molecule has 2 aliphatic carbocycles. The van der Waals surface area contributed by atoms with Crippen molar-refractivity contribution in [3.8, 4) is 11.5 Å². The van der Waals surface area contributed by atoms with Gasteiger partial charge in [-0.1, -0.05) is 5.16 Å². The minimum atomic E-state index is -0.490. The molecule has 7 heteroatoms. The lowest BCUT2D eigenvalue weighted by atomic mass is 9.82. The van der Waals surface area contributed by atoms with E-state index >= 15 is 0 Å². The highest BCUT2D eigenvalue weighted by molar-refractivity contribution is 6.05. The van der Waals surface area contributed by atoms with Crippen LogP contribution in [-0.2, 0) is 11.2 Å². The number of fused-ring (bicyclic) bond motifs is 1. The van der Waals surface area contributed by atoms with Gasteiger partial charge in [0.2, 0.25) is 5.91 Å². The predicted octanol–water partition coefficient (Wildman–Crippen LogP) is 2.26. The second kappa shape index (κ2) is 7.09. The summed E-state index contributed by atoms with van der Waals surface area (Å²) in [4.78, 5) is 11.8. The summed E-state index contributed by atoms with van der Waals surface area (Å²) < 4.78 is 11.5. The Balaban J connectivity index is 1.95. The Kier molecular flexibility index (Phi) is 4.89. The number of hydroxylamine groups is 1. The third kappa shape index (κ3) is 3.17. The van der Waals surface area contributed by atoms with Crippen LogP contribution in [-0.4, -0.2) is 35.2 Å². The van der Waals surface area contributed by atoms with Crippen LogP contribution < -0.4 is 15.0 Å². The van der Waals surface area contributed by atoms with Crippen molar-refractivity contribution in [1.29, 1.82) is 0 Å². The van der Waals surface area contributed by atoms with Gasteiger partial charge in [0.25, 0.3) is 0 Å². The van der Waals surface area contributed by atoms with Crippen LogP contribution in [0.4, 0.5) is 0 Å². The molecule has 1 aromatic carbocycles. The van der Waals surface area contributed by atoms with Gasteiger partial charge in [0.15, 0.2) is 11.5 Å². The van der Waals surface area contributed by atoms with E-state index in [2.05, 4.69) is 5.16 Å². The Morgan fingerprint density at radius 3 is 2.62 bits per heavy atom. The van der Waals surface area contributed by atoms with Gasteiger partial charge in [0, 0.05) is 17.9 Å². The number of rotatable bonds is 4. The predicted molar refractivity (Wildman–Crippen MR) is 85.9 cm³/mol. The lowest BCUT2D eigenvalue weighted by Crippen LogP contribution is -2.34. The lowest BCUT2D eigenvalue weighted by Gasteiger charge is -2.26. The molecule has 0 bridgehead atoms. The van der Waals surface area contributed by atoms with E-state index in [1.54, 1.807) is 18.7 Å². The number of hydrogen-bond acceptors (Lipinski definition) is 6. The van der Waals surface area contributed by atoms with Crippen LogP contribution >= 0.6 is 0 Å². The number of oxime groups is 1. The van der Waals surface area contributed by atoms with Gasteiger partial charge < -0.3 is 14.7 Å². The number of carbonyl (C=O) groups excluding carboxylic acids is 1. The van der Waals surface area contributed by atoms with Crippen LogP contribution in [0.1, 0.15) is 43.2 Å². The van der Waals surface area contributed by atoms with E-state index in [1.807, 2.05) is 6.07 Å². The largest absolute Gasteiger partial charge is 0.493 e. The second-order valence-corrected chi connectivity index (χ2v) is 6.31. The van der Waals surface area contributed by atoms with Crippen molar-refractivity contribution in [2.45, 2.75) is 44.6 Å². The number of methoxy groups -OCH3 is 1. The summed E-state index contributed by atoms with van der Waals surface area (Å²) in [6.45, 7) is 0. The molecule has 0 spiro atoms. The van der Waals surface area contributed by atoms with E-state index in [-0.39, 0.29) is 12.5 Å². The molecule has 2 aliphatic rings. The number of carbonyl (C=O) groups is 1. The monoisotopic (exact) mass is 334 g/mol. The molecule has 0 heterocycles. The summed E-state index contributed by atoms with van der Waals surface area (Å²) in [7, 11) is 1.57. The van der Waals surface area contributed by atoms with E-state index < -0.39 is 11.8 Å². The topological polar surface area (TPSA) is 100 Å². The summed E-state index contributed by atoms with van der Waals surface area (Å²) in [5.74, 6) is 0.259. The fourth-order valence-corrected chi connectivity index (χ4v) is 3.53. The molecular weight excluding hydrogens is 312 g/mol. The average molecular weight is 334 g/mol. The molecule has 1 saturated carbocycles. The van der Waals surface area contributed by atoms with Crippen LogP contribution in [0.2, 0.25) is 0 Å². The zero-order valence-electron chi connectivity index (χ0n) is 13.6. The summed E-state index contributed by atoms with van der Waals surface area (Å²) in [6, 6.07) is 3.65. The Morgan fingerprint density at radius 2 is 2.00 bits per heavy atom. The van der Waals surface area contributed by atoms with E-state index in [0.29, 0.717) is 23.6 Å². The number of ether oxygens (including phenoxy) is 2. The van der Waals surface area contributed by atoms with Gasteiger partial charge in [-0.3, -0.25) is 10.0 Å². The van der Waals surface area contributed by atoms with Gasteiger partial charge in [-0.05, 0) is 49.8 Å². The van der Waals surface area contributed by atoms with E-state index in [4.69, 9.17) is 14.7 Å². The standard InChI is InChI=1S/C17H22N2O5/c1-23-15-9-13-10(8-16(15)24-12-4-2-3-5-12)6-11(17(20)19-22)7-14(13)18-21/h8-9,11-12,21-22H,2-7H2,1H3,(H,19,20). The van der Waals surface area contributed by atoms with Gasteiger partial charge in [-0.2, -0.15) is 0 Å². The van der Waals surface area contributed by atoms with Crippen LogP contribution in [0.5, 0.6) is 11.5 Å². The van der Waals surface area contributed by atoms with Gasteiger partial charge in [-0.25, -0.2) is 5.48 Å². The van der Waals surface area contributed by atoms with Gasteiger partial charge in [0.1, 0.15) is 0 Å². The molecule has 3 N–H and O–H groups in total. The minimum absolute atomic E-state index is 0.183. The van der Waals surface area contributed by atoms with Crippen LogP contribution in [0, 0.1) is 5.92 Å². The summed E-state index contributed by atoms with van der Waals surface area (Å²) in [5.41, 5.74) is 3.66. The van der Waals surface area contributed by atoms with E-state index in [1.165, 1.54) is 0 Å². The summed E-state index contributed by atoms with van der Waals surface area (Å²) in [5, 5.41) is 21.5. The Morgan fingerprint density at radius 1 is 1.25 bits per heavy atom. The van der Waals surface area contributed by atoms with Gasteiger partial charge in [0.05, 0.1) is 18.9 Å². The highest BCUT2D eigenvalue weighted by Crippen LogP contribution is 2.38. The van der Waals surface area contributed by atoms with Crippen LogP contribution in [0.25, 0.3) is 0 Å². The molecule has 7 nitrogen and oxygen atoms in total. The fourth-order valence-electron chi connectivity index (χ4n) is 3.53. The zero-order chi connectivity index (χ0) is 17.1. The molecule has 0 saturated heterocycles. The SMILES string of the molecule is COc1cc2c(cc1OC1CCCC1)CC(C(=O)NO)CC2=NO. The van der Waals surface area contributed by atoms with Crippen molar-refractivity contribution in [1.82, 2.24) is 5.48 Å². The molecule has 0 aliphatic heterocycles. The van der Waals surface area contributed by atoms with Crippen molar-refractivity contribution in [3.05, 3.63) is 23.3 Å². The Bertz CT molecular complexity index is 653. The molecule has 1 atom stereocenters. The quantitative estimate of drug-likeness (QED) is 0.445. The molecule has 130 valence electrons. The van der Waals surface area contributed by atoms with Crippen molar-refractivity contribution < 1.29 is 24.7 Å². The number of nitrogens with one attached hydrogen (secondary N) is 1. The Labute approximate surface area is 140 Å². The highest BCUT2D eigenvalue weighted by Gasteiger charge is 2.31. The third-order valence-corrected chi connectivity index (χ3v) is 4.80. The lowest BCUT2D eigenvalue weighted by molar-refractivity contribution is -0.133. The first kappa shape index (κ1) is 16.6. The maximum Gasteiger partial charge on any atom is 0.247 e. The molecule has 0 aromatic heterocycles. The number of benzene rings is 1. The van der Waals surface area contributed by atoms with Crippen molar-refractivity contribution in [2.75, 3.05) is 7.11 Å². The van der Waals surface area contributed by atoms with Crippen molar-refractivity contribution >= 4 is 11.6 Å². The first-order chi connectivity index (χ1) is 11.7. The molecule has 3 rings (SSSR count). The van der Waals surface area contributed by atoms with Crippen molar-refractivity contribution in [3.63, 3.8) is 0 Å². The molecule has 1 amide bonds. The number of nitrogens with zero attached hydrogens (tertiary/aromatic N) is 1. The van der Waals surface area contributed by atoms with Crippen molar-refractivity contribution in [2.24, 2.45) is 11.1 Å². The zero-order valence-corrected chi connectivity index (χ0v) is 13.6. The van der Waals surface area contributed by atoms with Crippen LogP contribution in [0.15, 0.2) is 17.3 Å². The highest BCUT2D eigenvalue weighted by atomic mass is 16.5. The maximum absolute atomic E-state index is 11.8. The third-order valence-electron chi connectivity index (χ3n) is 4.80. The number of hydrogen-bond donors (Lipinski definition) is 3. The summed E-state index contributed by atoms with van der Waals surface area (Å²) >= 11 is 0. The molecule has 1 aromatic rings. The molecular formula is C17H22N2O5. The van der Waals surface area contributed by atoms with E-state index in [0.717, 1.165) is 36.8 Å². The number of amides is 1. The normalized spacial score (nSPS) is 22.2. The van der Waals surface area contributed by atoms with E-state index in [9.17, 15) is 10.0 Å². The van der Waals surface area contributed by atoms with Gasteiger partial charge >= 0.3 is 0 Å². The maximum atomic E-state index is 11.8. The second-order valence-electron chi connectivity index (χ2n) is 6.31. The molecule has 24 heavy (non-hydrogen) atoms. The van der Waals surface area contributed by atoms with Crippen LogP contribution in [0.3, 0.4) is 0 Å². The Hall–Kier alpha value is -2.28. The minimum Gasteiger partial charge on any atom is -0.493 e. The van der Waals surface area contributed by atoms with Gasteiger partial charge in [-0.15, -0.1) is 0 Å². The summed E-state index contributed by atoms with van der Waals surface area (Å²) in [6.07, 6.45) is 5.25. The molecule has 1 fully saturated rings. The first-order valence-corrected chi connectivity index (χ1v) is 8.19. The fraction of sp³-hybridized carbons (Fsp3) is 0.529. The average Bonchev–Trinajstić information content (AvgIpc) is 3.12. The smallest absolute Gasteiger partial charge is 0.247 e. The molecule has 0 radical (unpaired) electrons. The molecule has 1 unspecified atom stereocenters. The first-order valence-electron chi connectivity index (χ1n) is 8.19.